The SMILES string of the molecule is COC[C@H](NC(=O)[C@H](CCc1ccccc1)NC(=O)c1cc(C)on1)C(=O)N[C@@H](Cc1ccccc1)C(=O)N[C@@H](CC(C)C)C(=O)[C@@]1(C)CO1. The lowest BCUT2D eigenvalue weighted by Gasteiger charge is -2.27. The van der Waals surface area contributed by atoms with Crippen LogP contribution in [0.1, 0.15) is 61.0 Å². The summed E-state index contributed by atoms with van der Waals surface area (Å²) in [5, 5.41) is 14.8. The van der Waals surface area contributed by atoms with Gasteiger partial charge in [0.05, 0.1) is 19.3 Å². The number of Topliss-reactive ketones (excluding diaryl/α,β-unsaturated/α-hetero) is 1. The topological polar surface area (TPSA) is 181 Å². The minimum atomic E-state index is -1.23. The number of carbonyl (C=O) groups excluding carboxylic acids is 5. The summed E-state index contributed by atoms with van der Waals surface area (Å²) in [6, 6.07) is 15.9. The molecule has 1 saturated heterocycles. The minimum absolute atomic E-state index is 0.0115. The quantitative estimate of drug-likeness (QED) is 0.138. The van der Waals surface area contributed by atoms with E-state index in [1.807, 2.05) is 74.5 Å². The molecule has 1 fully saturated rings. The molecular weight excluding hydrogens is 642 g/mol. The number of aryl methyl sites for hydroxylation is 2. The molecular formula is C37H47N5O8. The van der Waals surface area contributed by atoms with Crippen molar-refractivity contribution in [2.75, 3.05) is 20.3 Å². The van der Waals surface area contributed by atoms with E-state index in [0.717, 1.165) is 11.1 Å². The normalized spacial score (nSPS) is 17.6. The first-order valence-electron chi connectivity index (χ1n) is 16.8. The van der Waals surface area contributed by atoms with E-state index in [1.165, 1.54) is 13.2 Å². The molecule has 13 nitrogen and oxygen atoms in total. The Balaban J connectivity index is 1.51. The van der Waals surface area contributed by atoms with Gasteiger partial charge in [-0.2, -0.15) is 0 Å². The molecule has 2 aromatic carbocycles. The van der Waals surface area contributed by atoms with Crippen LogP contribution in [0.5, 0.6) is 0 Å². The zero-order valence-corrected chi connectivity index (χ0v) is 29.2. The summed E-state index contributed by atoms with van der Waals surface area (Å²) in [4.78, 5) is 67.6. The fraction of sp³-hybridized carbons (Fsp3) is 0.459. The third-order valence-corrected chi connectivity index (χ3v) is 8.37. The Morgan fingerprint density at radius 1 is 0.820 bits per heavy atom. The summed E-state index contributed by atoms with van der Waals surface area (Å²) in [5.41, 5.74) is 0.792. The Labute approximate surface area is 292 Å². The first kappa shape index (κ1) is 37.9. The third-order valence-electron chi connectivity index (χ3n) is 8.37. The number of ether oxygens (including phenoxy) is 2. The van der Waals surface area contributed by atoms with Crippen molar-refractivity contribution in [3.8, 4) is 0 Å². The van der Waals surface area contributed by atoms with Crippen molar-refractivity contribution < 1.29 is 38.0 Å². The molecule has 0 bridgehead atoms. The summed E-state index contributed by atoms with van der Waals surface area (Å²) in [6.45, 7) is 7.30. The van der Waals surface area contributed by atoms with Crippen molar-refractivity contribution in [1.29, 1.82) is 0 Å². The molecule has 3 aromatic rings. The van der Waals surface area contributed by atoms with Crippen LogP contribution in [0.3, 0.4) is 0 Å². The van der Waals surface area contributed by atoms with Crippen molar-refractivity contribution in [2.24, 2.45) is 5.92 Å². The highest BCUT2D eigenvalue weighted by molar-refractivity contribution is 5.99. The number of carbonyl (C=O) groups is 5. The number of nitrogens with one attached hydrogen (secondary N) is 4. The Kier molecular flexibility index (Phi) is 13.4. The zero-order valence-electron chi connectivity index (χ0n) is 29.2. The Bertz CT molecular complexity index is 1610. The fourth-order valence-corrected chi connectivity index (χ4v) is 5.48. The second-order valence-corrected chi connectivity index (χ2v) is 13.2. The molecule has 0 saturated carbocycles. The van der Waals surface area contributed by atoms with Gasteiger partial charge in [0.1, 0.15) is 29.5 Å². The van der Waals surface area contributed by atoms with E-state index < -0.39 is 53.4 Å². The number of benzene rings is 2. The van der Waals surface area contributed by atoms with Gasteiger partial charge in [0, 0.05) is 19.6 Å². The molecule has 1 aromatic heterocycles. The molecule has 5 atom stereocenters. The number of methoxy groups -OCH3 is 1. The number of amides is 4. The second kappa shape index (κ2) is 17.7. The fourth-order valence-electron chi connectivity index (χ4n) is 5.48. The lowest BCUT2D eigenvalue weighted by Crippen LogP contribution is -2.59. The summed E-state index contributed by atoms with van der Waals surface area (Å²) in [6.07, 6.45) is 1.18. The highest BCUT2D eigenvalue weighted by Gasteiger charge is 2.50. The third kappa shape index (κ3) is 11.1. The number of ketones is 1. The number of rotatable bonds is 19. The molecule has 2 heterocycles. The molecule has 268 valence electrons. The molecule has 4 N–H and O–H groups in total. The van der Waals surface area contributed by atoms with E-state index in [2.05, 4.69) is 26.4 Å². The van der Waals surface area contributed by atoms with E-state index in [9.17, 15) is 24.0 Å². The molecule has 0 spiro atoms. The van der Waals surface area contributed by atoms with Gasteiger partial charge in [-0.25, -0.2) is 0 Å². The monoisotopic (exact) mass is 689 g/mol. The van der Waals surface area contributed by atoms with Crippen molar-refractivity contribution in [3.63, 3.8) is 0 Å². The van der Waals surface area contributed by atoms with E-state index in [0.29, 0.717) is 18.6 Å². The summed E-state index contributed by atoms with van der Waals surface area (Å²) >= 11 is 0. The Morgan fingerprint density at radius 2 is 1.38 bits per heavy atom. The highest BCUT2D eigenvalue weighted by Crippen LogP contribution is 2.29. The van der Waals surface area contributed by atoms with Crippen LogP contribution in [0.2, 0.25) is 0 Å². The predicted octanol–water partition coefficient (Wildman–Crippen LogP) is 2.46. The van der Waals surface area contributed by atoms with Gasteiger partial charge in [-0.1, -0.05) is 79.7 Å². The van der Waals surface area contributed by atoms with Crippen molar-refractivity contribution in [3.05, 3.63) is 89.3 Å². The highest BCUT2D eigenvalue weighted by atomic mass is 16.6. The van der Waals surface area contributed by atoms with E-state index in [1.54, 1.807) is 13.8 Å². The van der Waals surface area contributed by atoms with Crippen LogP contribution in [0, 0.1) is 12.8 Å². The maximum Gasteiger partial charge on any atom is 0.274 e. The van der Waals surface area contributed by atoms with Crippen LogP contribution < -0.4 is 21.3 Å². The van der Waals surface area contributed by atoms with Gasteiger partial charge in [-0.05, 0) is 50.2 Å². The smallest absolute Gasteiger partial charge is 0.274 e. The lowest BCUT2D eigenvalue weighted by molar-refractivity contribution is -0.135. The molecule has 0 aliphatic carbocycles. The van der Waals surface area contributed by atoms with Crippen LogP contribution in [-0.4, -0.2) is 84.7 Å². The van der Waals surface area contributed by atoms with Crippen LogP contribution in [0.25, 0.3) is 0 Å². The Morgan fingerprint density at radius 3 is 1.94 bits per heavy atom. The zero-order chi connectivity index (χ0) is 36.3. The maximum atomic E-state index is 13.8. The minimum Gasteiger partial charge on any atom is -0.382 e. The number of epoxide rings is 1. The second-order valence-electron chi connectivity index (χ2n) is 13.2. The van der Waals surface area contributed by atoms with Gasteiger partial charge < -0.3 is 35.3 Å². The van der Waals surface area contributed by atoms with Gasteiger partial charge in [0.15, 0.2) is 11.5 Å². The number of nitrogens with zero attached hydrogens (tertiary/aromatic N) is 1. The standard InChI is InChI=1S/C37H47N5O8/c1-23(2)18-28(32(43)37(4)22-49-37)39-34(45)29(20-26-14-10-7-11-15-26)40-36(47)31(21-48-5)41-33(44)27(17-16-25-12-8-6-9-13-25)38-35(46)30-19-24(3)50-42-30/h6-15,19,23,27-29,31H,16-18,20-22H2,1-5H3,(H,38,46)(H,39,45)(H,40,47)(H,41,44)/t27-,28-,29-,31-,37+/m0/s1. The molecule has 0 radical (unpaired) electrons. The molecule has 0 unspecified atom stereocenters. The molecule has 4 amide bonds. The van der Waals surface area contributed by atoms with Crippen LogP contribution in [-0.2, 0) is 41.5 Å². The van der Waals surface area contributed by atoms with Gasteiger partial charge in [-0.3, -0.25) is 24.0 Å². The lowest BCUT2D eigenvalue weighted by atomic mass is 9.93. The number of hydrogen-bond donors (Lipinski definition) is 4. The number of hydrogen-bond acceptors (Lipinski definition) is 9. The Hall–Kier alpha value is -4.88. The van der Waals surface area contributed by atoms with E-state index >= 15 is 0 Å². The van der Waals surface area contributed by atoms with Crippen molar-refractivity contribution in [2.45, 2.75) is 83.1 Å². The van der Waals surface area contributed by atoms with Gasteiger partial charge in [0.2, 0.25) is 17.7 Å². The van der Waals surface area contributed by atoms with Gasteiger partial charge in [0.25, 0.3) is 5.91 Å². The summed E-state index contributed by atoms with van der Waals surface area (Å²) in [5.74, 6) is -2.17. The predicted molar refractivity (Wildman–Crippen MR) is 184 cm³/mol. The maximum absolute atomic E-state index is 13.8. The van der Waals surface area contributed by atoms with Crippen molar-refractivity contribution >= 4 is 29.4 Å². The first-order chi connectivity index (χ1) is 23.9. The molecule has 13 heteroatoms. The van der Waals surface area contributed by atoms with Crippen LogP contribution >= 0.6 is 0 Å². The van der Waals surface area contributed by atoms with Crippen LogP contribution in [0.4, 0.5) is 0 Å². The largest absolute Gasteiger partial charge is 0.382 e. The van der Waals surface area contributed by atoms with E-state index in [4.69, 9.17) is 14.0 Å². The first-order valence-corrected chi connectivity index (χ1v) is 16.8. The van der Waals surface area contributed by atoms with Gasteiger partial charge >= 0.3 is 0 Å². The molecule has 1 aliphatic heterocycles. The molecule has 50 heavy (non-hydrogen) atoms. The summed E-state index contributed by atoms with van der Waals surface area (Å²) < 4.78 is 15.7. The van der Waals surface area contributed by atoms with E-state index in [-0.39, 0.29) is 43.5 Å². The summed E-state index contributed by atoms with van der Waals surface area (Å²) in [7, 11) is 1.38. The van der Waals surface area contributed by atoms with Crippen molar-refractivity contribution in [1.82, 2.24) is 26.4 Å². The number of aromatic nitrogens is 1. The van der Waals surface area contributed by atoms with Crippen LogP contribution in [0.15, 0.2) is 71.3 Å². The molecule has 4 rings (SSSR count). The molecule has 1 aliphatic rings. The van der Waals surface area contributed by atoms with Gasteiger partial charge in [-0.15, -0.1) is 0 Å². The average Bonchev–Trinajstić information content (AvgIpc) is 3.70. The average molecular weight is 690 g/mol.